The van der Waals surface area contributed by atoms with E-state index >= 15 is 0 Å². The number of likely N-dealkylation sites (tertiary alicyclic amines) is 1. The molecule has 4 nitrogen and oxygen atoms in total. The second-order valence-corrected chi connectivity index (χ2v) is 6.05. The van der Waals surface area contributed by atoms with Crippen molar-refractivity contribution in [3.63, 3.8) is 0 Å². The predicted molar refractivity (Wildman–Crippen MR) is 82.5 cm³/mol. The van der Waals surface area contributed by atoms with Crippen LogP contribution >= 0.6 is 0 Å². The highest BCUT2D eigenvalue weighted by Gasteiger charge is 2.25. The fourth-order valence-corrected chi connectivity index (χ4v) is 2.93. The summed E-state index contributed by atoms with van der Waals surface area (Å²) in [5.41, 5.74) is 5.19. The zero-order valence-electron chi connectivity index (χ0n) is 12.6. The number of aryl methyl sites for hydroxylation is 1. The molecule has 3 N–H and O–H groups in total. The summed E-state index contributed by atoms with van der Waals surface area (Å²) < 4.78 is 0. The molecule has 20 heavy (non-hydrogen) atoms. The molecule has 1 aromatic rings. The number of nitrogens with zero attached hydrogens (tertiary/aromatic N) is 1. The molecule has 1 heterocycles. The van der Waals surface area contributed by atoms with Crippen molar-refractivity contribution in [1.29, 1.82) is 0 Å². The molecule has 1 amide bonds. The number of rotatable bonds is 3. The van der Waals surface area contributed by atoms with Gasteiger partial charge in [0.25, 0.3) is 5.91 Å². The molecule has 0 saturated carbocycles. The van der Waals surface area contributed by atoms with E-state index < -0.39 is 0 Å². The summed E-state index contributed by atoms with van der Waals surface area (Å²) in [4.78, 5) is 14.6. The van der Waals surface area contributed by atoms with Gasteiger partial charge in [0.05, 0.1) is 0 Å². The first-order valence-corrected chi connectivity index (χ1v) is 7.39. The van der Waals surface area contributed by atoms with E-state index in [1.54, 1.807) is 0 Å². The van der Waals surface area contributed by atoms with Crippen LogP contribution in [0.5, 0.6) is 0 Å². The quantitative estimate of drug-likeness (QED) is 0.659. The highest BCUT2D eigenvalue weighted by molar-refractivity contribution is 5.96. The van der Waals surface area contributed by atoms with Crippen molar-refractivity contribution in [2.75, 3.05) is 18.5 Å². The summed E-state index contributed by atoms with van der Waals surface area (Å²) in [6.07, 6.45) is 2.23. The molecule has 0 aliphatic carbocycles. The third-order valence-corrected chi connectivity index (χ3v) is 4.39. The minimum atomic E-state index is 0.147. The van der Waals surface area contributed by atoms with Crippen molar-refractivity contribution in [1.82, 2.24) is 4.90 Å². The average Bonchev–Trinajstić information content (AvgIpc) is 2.46. The lowest BCUT2D eigenvalue weighted by Gasteiger charge is -2.34. The van der Waals surface area contributed by atoms with Crippen LogP contribution in [0, 0.1) is 18.8 Å². The smallest absolute Gasteiger partial charge is 0.254 e. The van der Waals surface area contributed by atoms with Crippen molar-refractivity contribution in [2.24, 2.45) is 17.7 Å². The molecule has 2 rings (SSSR count). The van der Waals surface area contributed by atoms with E-state index in [1.165, 1.54) is 0 Å². The summed E-state index contributed by atoms with van der Waals surface area (Å²) in [6.45, 7) is 8.24. The number of hydrogen-bond donors (Lipinski definition) is 2. The monoisotopic (exact) mass is 275 g/mol. The maximum absolute atomic E-state index is 12.6. The van der Waals surface area contributed by atoms with Gasteiger partial charge in [-0.25, -0.2) is 0 Å². The fraction of sp³-hybridized carbons (Fsp3) is 0.562. The first-order chi connectivity index (χ1) is 9.52. The van der Waals surface area contributed by atoms with Crippen molar-refractivity contribution >= 4 is 11.6 Å². The summed E-state index contributed by atoms with van der Waals surface area (Å²) in [7, 11) is 0. The number of benzene rings is 1. The van der Waals surface area contributed by atoms with Gasteiger partial charge in [-0.1, -0.05) is 13.8 Å². The standard InChI is InChI=1S/C16H25N3O/c1-11(2)13-6-8-19(9-7-13)16(20)15-5-4-14(18-17)10-12(15)3/h4-5,10-11,13,18H,6-9,17H2,1-3H3. The molecule has 1 aliphatic heterocycles. The molecular weight excluding hydrogens is 250 g/mol. The van der Waals surface area contributed by atoms with Crippen molar-refractivity contribution < 1.29 is 4.79 Å². The first-order valence-electron chi connectivity index (χ1n) is 7.39. The van der Waals surface area contributed by atoms with E-state index in [1.807, 2.05) is 30.0 Å². The zero-order chi connectivity index (χ0) is 14.7. The van der Waals surface area contributed by atoms with E-state index in [0.717, 1.165) is 48.7 Å². The molecule has 1 saturated heterocycles. The van der Waals surface area contributed by atoms with Gasteiger partial charge < -0.3 is 10.3 Å². The molecule has 0 unspecified atom stereocenters. The maximum atomic E-state index is 12.6. The second kappa shape index (κ2) is 6.27. The van der Waals surface area contributed by atoms with Crippen LogP contribution in [-0.2, 0) is 0 Å². The van der Waals surface area contributed by atoms with Gasteiger partial charge in [-0.05, 0) is 55.4 Å². The molecule has 4 heteroatoms. The van der Waals surface area contributed by atoms with Gasteiger partial charge in [0, 0.05) is 24.3 Å². The van der Waals surface area contributed by atoms with E-state index in [-0.39, 0.29) is 5.91 Å². The number of nitrogen functional groups attached to an aromatic ring is 1. The number of hydrogen-bond acceptors (Lipinski definition) is 3. The normalized spacial score (nSPS) is 16.6. The third kappa shape index (κ3) is 3.12. The van der Waals surface area contributed by atoms with Crippen LogP contribution < -0.4 is 11.3 Å². The summed E-state index contributed by atoms with van der Waals surface area (Å²) >= 11 is 0. The van der Waals surface area contributed by atoms with Crippen LogP contribution in [0.3, 0.4) is 0 Å². The van der Waals surface area contributed by atoms with Gasteiger partial charge in [0.1, 0.15) is 0 Å². The molecule has 0 atom stereocenters. The van der Waals surface area contributed by atoms with Gasteiger partial charge in [-0.2, -0.15) is 0 Å². The van der Waals surface area contributed by atoms with E-state index in [9.17, 15) is 4.79 Å². The lowest BCUT2D eigenvalue weighted by molar-refractivity contribution is 0.0667. The first kappa shape index (κ1) is 14.9. The lowest BCUT2D eigenvalue weighted by Crippen LogP contribution is -2.39. The van der Waals surface area contributed by atoms with Gasteiger partial charge >= 0.3 is 0 Å². The average molecular weight is 275 g/mol. The van der Waals surface area contributed by atoms with Crippen molar-refractivity contribution in [3.8, 4) is 0 Å². The number of nitrogens with one attached hydrogen (secondary N) is 1. The molecular formula is C16H25N3O. The highest BCUT2D eigenvalue weighted by Crippen LogP contribution is 2.26. The third-order valence-electron chi connectivity index (χ3n) is 4.39. The number of piperidine rings is 1. The fourth-order valence-electron chi connectivity index (χ4n) is 2.93. The van der Waals surface area contributed by atoms with Gasteiger partial charge in [-0.3, -0.25) is 10.6 Å². The Hall–Kier alpha value is -1.55. The number of anilines is 1. The van der Waals surface area contributed by atoms with Crippen LogP contribution in [0.15, 0.2) is 18.2 Å². The Morgan fingerprint density at radius 1 is 1.35 bits per heavy atom. The number of hydrazine groups is 1. The van der Waals surface area contributed by atoms with E-state index in [0.29, 0.717) is 5.92 Å². The zero-order valence-corrected chi connectivity index (χ0v) is 12.6. The Morgan fingerprint density at radius 2 is 2.00 bits per heavy atom. The van der Waals surface area contributed by atoms with Crippen LogP contribution in [0.25, 0.3) is 0 Å². The molecule has 0 spiro atoms. The predicted octanol–water partition coefficient (Wildman–Crippen LogP) is 2.79. The Morgan fingerprint density at radius 3 is 2.50 bits per heavy atom. The van der Waals surface area contributed by atoms with Crippen LogP contribution in [0.1, 0.15) is 42.6 Å². The van der Waals surface area contributed by atoms with Crippen molar-refractivity contribution in [3.05, 3.63) is 29.3 Å². The Kier molecular flexibility index (Phi) is 4.65. The van der Waals surface area contributed by atoms with Gasteiger partial charge in [0.2, 0.25) is 0 Å². The van der Waals surface area contributed by atoms with Gasteiger partial charge in [-0.15, -0.1) is 0 Å². The summed E-state index contributed by atoms with van der Waals surface area (Å²) in [5, 5.41) is 0. The number of nitrogens with two attached hydrogens (primary N) is 1. The Bertz CT molecular complexity index is 477. The summed E-state index contributed by atoms with van der Waals surface area (Å²) in [6, 6.07) is 5.62. The number of carbonyl (C=O) groups excluding carboxylic acids is 1. The van der Waals surface area contributed by atoms with Crippen LogP contribution in [-0.4, -0.2) is 23.9 Å². The largest absolute Gasteiger partial charge is 0.339 e. The maximum Gasteiger partial charge on any atom is 0.254 e. The Balaban J connectivity index is 2.05. The molecule has 0 bridgehead atoms. The van der Waals surface area contributed by atoms with Gasteiger partial charge in [0.15, 0.2) is 0 Å². The lowest BCUT2D eigenvalue weighted by atomic mass is 9.86. The number of carbonyl (C=O) groups is 1. The Labute approximate surface area is 121 Å². The molecule has 1 aromatic carbocycles. The second-order valence-electron chi connectivity index (χ2n) is 6.05. The molecule has 110 valence electrons. The molecule has 0 radical (unpaired) electrons. The topological polar surface area (TPSA) is 58.4 Å². The van der Waals surface area contributed by atoms with E-state index in [4.69, 9.17) is 5.84 Å². The van der Waals surface area contributed by atoms with Crippen LogP contribution in [0.4, 0.5) is 5.69 Å². The summed E-state index contributed by atoms with van der Waals surface area (Å²) in [5.74, 6) is 7.00. The number of amides is 1. The molecule has 1 fully saturated rings. The van der Waals surface area contributed by atoms with Crippen molar-refractivity contribution in [2.45, 2.75) is 33.6 Å². The van der Waals surface area contributed by atoms with E-state index in [2.05, 4.69) is 19.3 Å². The minimum absolute atomic E-state index is 0.147. The molecule has 1 aliphatic rings. The molecule has 0 aromatic heterocycles. The minimum Gasteiger partial charge on any atom is -0.339 e. The van der Waals surface area contributed by atoms with Crippen LogP contribution in [0.2, 0.25) is 0 Å². The highest BCUT2D eigenvalue weighted by atomic mass is 16.2. The SMILES string of the molecule is Cc1cc(NN)ccc1C(=O)N1CCC(C(C)C)CC1.